The normalized spacial score (nSPS) is 11.8. The molecule has 1 atom stereocenters. The fourth-order valence-corrected chi connectivity index (χ4v) is 2.66. The predicted octanol–water partition coefficient (Wildman–Crippen LogP) is 3.00. The Balaban J connectivity index is 1.90. The maximum Gasteiger partial charge on any atom is 0.233 e. The number of nitrogens with zero attached hydrogens (tertiary/aromatic N) is 2. The molecule has 1 aromatic heterocycles. The van der Waals surface area contributed by atoms with Crippen LogP contribution in [-0.4, -0.2) is 28.7 Å². The highest BCUT2D eigenvalue weighted by Crippen LogP contribution is 2.21. The molecule has 2 amide bonds. The van der Waals surface area contributed by atoms with Crippen LogP contribution < -0.4 is 5.32 Å². The molecule has 1 unspecified atom stereocenters. The molecule has 0 spiro atoms. The first-order valence-electron chi connectivity index (χ1n) is 6.99. The Morgan fingerprint density at radius 2 is 2.00 bits per heavy atom. The second kappa shape index (κ2) is 7.17. The zero-order chi connectivity index (χ0) is 16.1. The van der Waals surface area contributed by atoms with Crippen molar-refractivity contribution in [3.8, 4) is 0 Å². The van der Waals surface area contributed by atoms with E-state index in [0.717, 1.165) is 10.6 Å². The van der Waals surface area contributed by atoms with Gasteiger partial charge in [-0.2, -0.15) is 0 Å². The molecule has 0 aliphatic carbocycles. The van der Waals surface area contributed by atoms with Crippen molar-refractivity contribution in [1.29, 1.82) is 0 Å². The molecule has 22 heavy (non-hydrogen) atoms. The second-order valence-electron chi connectivity index (χ2n) is 5.14. The van der Waals surface area contributed by atoms with Gasteiger partial charge >= 0.3 is 0 Å². The Labute approximate surface area is 134 Å². The maximum absolute atomic E-state index is 12.2. The van der Waals surface area contributed by atoms with E-state index in [4.69, 9.17) is 0 Å². The number of aromatic nitrogens is 1. The number of carbonyl (C=O) groups is 2. The number of amides is 2. The van der Waals surface area contributed by atoms with E-state index in [1.165, 1.54) is 11.3 Å². The molecule has 5 nitrogen and oxygen atoms in total. The van der Waals surface area contributed by atoms with Crippen molar-refractivity contribution >= 4 is 28.8 Å². The first-order chi connectivity index (χ1) is 10.5. The molecule has 0 saturated heterocycles. The maximum atomic E-state index is 12.2. The van der Waals surface area contributed by atoms with Gasteiger partial charge in [-0.3, -0.25) is 9.59 Å². The van der Waals surface area contributed by atoms with Crippen molar-refractivity contribution in [2.75, 3.05) is 12.4 Å². The fraction of sp³-hybridized carbons (Fsp3) is 0.312. The first-order valence-corrected chi connectivity index (χ1v) is 7.87. The highest BCUT2D eigenvalue weighted by atomic mass is 32.1. The van der Waals surface area contributed by atoms with Crippen LogP contribution in [0.15, 0.2) is 35.8 Å². The van der Waals surface area contributed by atoms with Gasteiger partial charge in [0.2, 0.25) is 11.8 Å². The lowest BCUT2D eigenvalue weighted by atomic mass is 10.2. The number of thiazole rings is 1. The zero-order valence-electron chi connectivity index (χ0n) is 12.9. The number of nitrogens with one attached hydrogen (secondary N) is 1. The van der Waals surface area contributed by atoms with Crippen LogP contribution in [0.25, 0.3) is 0 Å². The Morgan fingerprint density at radius 1 is 1.32 bits per heavy atom. The molecule has 0 aliphatic rings. The van der Waals surface area contributed by atoms with Crippen LogP contribution in [0.1, 0.15) is 30.0 Å². The highest BCUT2D eigenvalue weighted by molar-refractivity contribution is 7.09. The summed E-state index contributed by atoms with van der Waals surface area (Å²) >= 11 is 1.49. The number of rotatable bonds is 5. The van der Waals surface area contributed by atoms with Crippen LogP contribution in [0.2, 0.25) is 0 Å². The van der Waals surface area contributed by atoms with Gasteiger partial charge in [0.05, 0.1) is 6.04 Å². The molecule has 1 heterocycles. The van der Waals surface area contributed by atoms with Gasteiger partial charge in [0.1, 0.15) is 11.4 Å². The van der Waals surface area contributed by atoms with Crippen molar-refractivity contribution in [3.63, 3.8) is 0 Å². The molecule has 6 heteroatoms. The second-order valence-corrected chi connectivity index (χ2v) is 6.07. The third kappa shape index (κ3) is 4.14. The number of hydrogen-bond acceptors (Lipinski definition) is 4. The first kappa shape index (κ1) is 16.2. The Bertz CT molecular complexity index is 638. The molecule has 0 aliphatic heterocycles. The molecule has 0 bridgehead atoms. The van der Waals surface area contributed by atoms with Crippen molar-refractivity contribution in [2.45, 2.75) is 26.3 Å². The molecular formula is C16H19N3O2S. The molecular weight excluding hydrogens is 298 g/mol. The summed E-state index contributed by atoms with van der Waals surface area (Å²) in [6, 6.07) is 7.32. The summed E-state index contributed by atoms with van der Waals surface area (Å²) in [6.07, 6.45) is 1.53. The van der Waals surface area contributed by atoms with E-state index >= 15 is 0 Å². The van der Waals surface area contributed by atoms with Gasteiger partial charge in [-0.15, -0.1) is 11.3 Å². The van der Waals surface area contributed by atoms with Gasteiger partial charge in [-0.1, -0.05) is 17.7 Å². The summed E-state index contributed by atoms with van der Waals surface area (Å²) in [4.78, 5) is 29.9. The lowest BCUT2D eigenvalue weighted by Gasteiger charge is -2.23. The molecule has 2 rings (SSSR count). The zero-order valence-corrected chi connectivity index (χ0v) is 13.7. The molecule has 116 valence electrons. The van der Waals surface area contributed by atoms with Gasteiger partial charge < -0.3 is 10.2 Å². The number of hydrogen-bond donors (Lipinski definition) is 1. The number of carbonyl (C=O) groups excluding carboxylic acids is 2. The smallest absolute Gasteiger partial charge is 0.233 e. The molecule has 0 radical (unpaired) electrons. The summed E-state index contributed by atoms with van der Waals surface area (Å²) in [6.45, 7) is 3.87. The third-order valence-electron chi connectivity index (χ3n) is 3.43. The molecule has 2 aromatic rings. The average molecular weight is 317 g/mol. The van der Waals surface area contributed by atoms with Crippen molar-refractivity contribution in [3.05, 3.63) is 46.4 Å². The summed E-state index contributed by atoms with van der Waals surface area (Å²) in [5, 5.41) is 5.45. The average Bonchev–Trinajstić information content (AvgIpc) is 3.02. The monoisotopic (exact) mass is 317 g/mol. The number of aryl methyl sites for hydroxylation is 1. The van der Waals surface area contributed by atoms with Gasteiger partial charge in [-0.05, 0) is 26.0 Å². The summed E-state index contributed by atoms with van der Waals surface area (Å²) in [5.74, 6) is -0.542. The minimum atomic E-state index is -0.313. The highest BCUT2D eigenvalue weighted by Gasteiger charge is 2.21. The lowest BCUT2D eigenvalue weighted by Crippen LogP contribution is -2.32. The minimum Gasteiger partial charge on any atom is -0.336 e. The van der Waals surface area contributed by atoms with Crippen LogP contribution in [0.3, 0.4) is 0 Å². The Morgan fingerprint density at radius 3 is 2.59 bits per heavy atom. The number of benzene rings is 1. The molecule has 1 aromatic carbocycles. The van der Waals surface area contributed by atoms with Crippen LogP contribution in [0, 0.1) is 6.92 Å². The summed E-state index contributed by atoms with van der Waals surface area (Å²) in [5.41, 5.74) is 1.81. The van der Waals surface area contributed by atoms with E-state index in [0.29, 0.717) is 5.69 Å². The standard InChI is InChI=1S/C16H19N3O2S/c1-11-4-6-13(7-5-11)18-14(20)10-15(21)19(3)12(2)16-17-8-9-22-16/h4-9,12H,10H2,1-3H3,(H,18,20). The molecule has 1 N–H and O–H groups in total. The minimum absolute atomic E-state index is 0.139. The van der Waals surface area contributed by atoms with Crippen LogP contribution in [0.5, 0.6) is 0 Å². The van der Waals surface area contributed by atoms with Crippen LogP contribution >= 0.6 is 11.3 Å². The van der Waals surface area contributed by atoms with Gasteiger partial charge in [0.15, 0.2) is 0 Å². The van der Waals surface area contributed by atoms with Gasteiger partial charge in [0, 0.05) is 24.3 Å². The van der Waals surface area contributed by atoms with E-state index in [9.17, 15) is 9.59 Å². The molecule has 0 saturated carbocycles. The number of anilines is 1. The van der Waals surface area contributed by atoms with E-state index in [-0.39, 0.29) is 24.3 Å². The molecule has 0 fully saturated rings. The SMILES string of the molecule is Cc1ccc(NC(=O)CC(=O)N(C)C(C)c2nccs2)cc1. The quantitative estimate of drug-likeness (QED) is 0.862. The van der Waals surface area contributed by atoms with Gasteiger partial charge in [-0.25, -0.2) is 4.98 Å². The fourth-order valence-electron chi connectivity index (χ4n) is 1.93. The lowest BCUT2D eigenvalue weighted by molar-refractivity contribution is -0.135. The summed E-state index contributed by atoms with van der Waals surface area (Å²) < 4.78 is 0. The third-order valence-corrected chi connectivity index (χ3v) is 4.38. The van der Waals surface area contributed by atoms with Crippen LogP contribution in [0.4, 0.5) is 5.69 Å². The summed E-state index contributed by atoms with van der Waals surface area (Å²) in [7, 11) is 1.69. The van der Waals surface area contributed by atoms with Crippen molar-refractivity contribution in [1.82, 2.24) is 9.88 Å². The van der Waals surface area contributed by atoms with Crippen molar-refractivity contribution < 1.29 is 9.59 Å². The van der Waals surface area contributed by atoms with E-state index in [1.807, 2.05) is 43.5 Å². The van der Waals surface area contributed by atoms with Gasteiger partial charge in [0.25, 0.3) is 0 Å². The predicted molar refractivity (Wildman–Crippen MR) is 87.7 cm³/mol. The largest absolute Gasteiger partial charge is 0.336 e. The van der Waals surface area contributed by atoms with E-state index < -0.39 is 0 Å². The van der Waals surface area contributed by atoms with E-state index in [1.54, 1.807) is 18.1 Å². The topological polar surface area (TPSA) is 62.3 Å². The van der Waals surface area contributed by atoms with Crippen LogP contribution in [-0.2, 0) is 9.59 Å². The Hall–Kier alpha value is -2.21. The van der Waals surface area contributed by atoms with Crippen molar-refractivity contribution in [2.24, 2.45) is 0 Å². The van der Waals surface area contributed by atoms with E-state index in [2.05, 4.69) is 10.3 Å². The Kier molecular flexibility index (Phi) is 5.27.